The van der Waals surface area contributed by atoms with E-state index in [4.69, 9.17) is 4.74 Å². The lowest BCUT2D eigenvalue weighted by Crippen LogP contribution is -2.43. The summed E-state index contributed by atoms with van der Waals surface area (Å²) in [4.78, 5) is 22.0. The highest BCUT2D eigenvalue weighted by Crippen LogP contribution is 2.18. The molecule has 1 amide bonds. The number of carbonyl (C=O) groups excluding carboxylic acids is 1. The molecule has 0 saturated carbocycles. The number of nitrogens with one attached hydrogen (secondary N) is 1. The molecule has 1 fully saturated rings. The molecule has 0 aromatic carbocycles. The molecule has 1 aromatic rings. The molecule has 1 aliphatic rings. The maximum atomic E-state index is 11.7. The Morgan fingerprint density at radius 1 is 1.43 bits per heavy atom. The quantitative estimate of drug-likeness (QED) is 0.850. The number of aromatic nitrogens is 2. The highest BCUT2D eigenvalue weighted by atomic mass is 16.5. The van der Waals surface area contributed by atoms with Gasteiger partial charge in [-0.3, -0.25) is 14.7 Å². The second kappa shape index (κ2) is 7.93. The third-order valence-electron chi connectivity index (χ3n) is 3.53. The summed E-state index contributed by atoms with van der Waals surface area (Å²) in [6.45, 7) is 7.02. The van der Waals surface area contributed by atoms with Gasteiger partial charge in [-0.2, -0.15) is 0 Å². The molecule has 0 aliphatic carbocycles. The smallest absolute Gasteiger partial charge is 0.234 e. The third kappa shape index (κ3) is 5.67. The van der Waals surface area contributed by atoms with Gasteiger partial charge in [-0.15, -0.1) is 0 Å². The Labute approximate surface area is 125 Å². The number of hydrogen-bond acceptors (Lipinski definition) is 5. The van der Waals surface area contributed by atoms with Gasteiger partial charge in [0.05, 0.1) is 19.3 Å². The summed E-state index contributed by atoms with van der Waals surface area (Å²) in [7, 11) is 0. The van der Waals surface area contributed by atoms with Crippen LogP contribution in [0.2, 0.25) is 0 Å². The number of ether oxygens (including phenoxy) is 1. The van der Waals surface area contributed by atoms with Gasteiger partial charge in [0.15, 0.2) is 0 Å². The van der Waals surface area contributed by atoms with E-state index >= 15 is 0 Å². The highest BCUT2D eigenvalue weighted by Gasteiger charge is 2.21. The molecule has 1 N–H and O–H groups in total. The average molecular weight is 292 g/mol. The summed E-state index contributed by atoms with van der Waals surface area (Å²) in [6.07, 6.45) is 6.99. The van der Waals surface area contributed by atoms with Crippen LogP contribution in [0.25, 0.3) is 0 Å². The maximum absolute atomic E-state index is 11.7. The van der Waals surface area contributed by atoms with E-state index in [9.17, 15) is 4.79 Å². The number of hydrogen-bond donors (Lipinski definition) is 1. The van der Waals surface area contributed by atoms with Crippen LogP contribution in [0.3, 0.4) is 0 Å². The Hall–Kier alpha value is -1.69. The van der Waals surface area contributed by atoms with Gasteiger partial charge in [0, 0.05) is 18.4 Å². The number of rotatable bonds is 6. The average Bonchev–Trinajstić information content (AvgIpc) is 2.47. The molecule has 1 aliphatic heterocycles. The van der Waals surface area contributed by atoms with Gasteiger partial charge >= 0.3 is 0 Å². The predicted molar refractivity (Wildman–Crippen MR) is 80.0 cm³/mol. The van der Waals surface area contributed by atoms with Crippen molar-refractivity contribution in [1.29, 1.82) is 0 Å². The first kappa shape index (κ1) is 15.7. The van der Waals surface area contributed by atoms with E-state index < -0.39 is 0 Å². The van der Waals surface area contributed by atoms with Crippen LogP contribution in [0.15, 0.2) is 18.6 Å². The van der Waals surface area contributed by atoms with Crippen molar-refractivity contribution in [3.05, 3.63) is 18.6 Å². The first-order valence-corrected chi connectivity index (χ1v) is 7.54. The summed E-state index contributed by atoms with van der Waals surface area (Å²) in [5.74, 6) is 1.21. The Kier molecular flexibility index (Phi) is 5.92. The fourth-order valence-corrected chi connectivity index (χ4v) is 2.45. The van der Waals surface area contributed by atoms with Gasteiger partial charge in [-0.25, -0.2) is 4.98 Å². The van der Waals surface area contributed by atoms with Crippen LogP contribution in [0, 0.1) is 5.92 Å². The molecule has 0 atom stereocenters. The van der Waals surface area contributed by atoms with Crippen LogP contribution in [-0.2, 0) is 4.79 Å². The molecular weight excluding hydrogens is 268 g/mol. The summed E-state index contributed by atoms with van der Waals surface area (Å²) in [5.41, 5.74) is 0. The van der Waals surface area contributed by atoms with E-state index in [1.807, 2.05) is 13.8 Å². The zero-order valence-electron chi connectivity index (χ0n) is 12.8. The molecule has 1 aromatic heterocycles. The van der Waals surface area contributed by atoms with Crippen molar-refractivity contribution >= 4 is 5.91 Å². The molecule has 21 heavy (non-hydrogen) atoms. The number of carbonyl (C=O) groups is 1. The van der Waals surface area contributed by atoms with Gasteiger partial charge in [0.1, 0.15) is 0 Å². The van der Waals surface area contributed by atoms with Crippen molar-refractivity contribution in [2.45, 2.75) is 32.7 Å². The molecule has 0 unspecified atom stereocenters. The standard InChI is InChI=1S/C15H24N4O2/c1-12(2)18-14(20)10-19-7-3-13(4-8-19)11-21-15-9-16-5-6-17-15/h5-6,9,12-13H,3-4,7-8,10-11H2,1-2H3,(H,18,20). The van der Waals surface area contributed by atoms with E-state index in [0.717, 1.165) is 25.9 Å². The van der Waals surface area contributed by atoms with Gasteiger partial charge in [0.25, 0.3) is 0 Å². The molecule has 116 valence electrons. The zero-order valence-corrected chi connectivity index (χ0v) is 12.8. The summed E-state index contributed by atoms with van der Waals surface area (Å²) >= 11 is 0. The number of amides is 1. The largest absolute Gasteiger partial charge is 0.476 e. The van der Waals surface area contributed by atoms with Crippen molar-refractivity contribution in [1.82, 2.24) is 20.2 Å². The molecule has 1 saturated heterocycles. The van der Waals surface area contributed by atoms with Crippen molar-refractivity contribution in [2.24, 2.45) is 5.92 Å². The van der Waals surface area contributed by atoms with Crippen molar-refractivity contribution in [3.63, 3.8) is 0 Å². The highest BCUT2D eigenvalue weighted by molar-refractivity contribution is 5.78. The zero-order chi connectivity index (χ0) is 15.1. The third-order valence-corrected chi connectivity index (χ3v) is 3.53. The van der Waals surface area contributed by atoms with Gasteiger partial charge in [0.2, 0.25) is 11.8 Å². The van der Waals surface area contributed by atoms with Gasteiger partial charge < -0.3 is 10.1 Å². The minimum absolute atomic E-state index is 0.110. The fourth-order valence-electron chi connectivity index (χ4n) is 2.45. The second-order valence-corrected chi connectivity index (χ2v) is 5.80. The first-order valence-electron chi connectivity index (χ1n) is 7.54. The monoisotopic (exact) mass is 292 g/mol. The van der Waals surface area contributed by atoms with E-state index in [2.05, 4.69) is 20.2 Å². The molecule has 2 rings (SSSR count). The van der Waals surface area contributed by atoms with Crippen LogP contribution in [0.1, 0.15) is 26.7 Å². The molecule has 0 radical (unpaired) electrons. The lowest BCUT2D eigenvalue weighted by atomic mass is 9.98. The number of nitrogens with zero attached hydrogens (tertiary/aromatic N) is 3. The van der Waals surface area contributed by atoms with Crippen LogP contribution in [0.5, 0.6) is 5.88 Å². The van der Waals surface area contributed by atoms with E-state index in [-0.39, 0.29) is 11.9 Å². The fraction of sp³-hybridized carbons (Fsp3) is 0.667. The van der Waals surface area contributed by atoms with E-state index in [1.54, 1.807) is 18.6 Å². The molecule has 6 heteroatoms. The van der Waals surface area contributed by atoms with Crippen LogP contribution >= 0.6 is 0 Å². The molecule has 0 spiro atoms. The minimum atomic E-state index is 0.110. The van der Waals surface area contributed by atoms with E-state index in [1.165, 1.54) is 0 Å². The lowest BCUT2D eigenvalue weighted by Gasteiger charge is -2.31. The topological polar surface area (TPSA) is 67.4 Å². The predicted octanol–water partition coefficient (Wildman–Crippen LogP) is 1.09. The van der Waals surface area contributed by atoms with Gasteiger partial charge in [-0.05, 0) is 45.7 Å². The normalized spacial score (nSPS) is 16.9. The Morgan fingerprint density at radius 3 is 2.81 bits per heavy atom. The first-order chi connectivity index (χ1) is 10.1. The van der Waals surface area contributed by atoms with Gasteiger partial charge in [-0.1, -0.05) is 0 Å². The molecule has 2 heterocycles. The van der Waals surface area contributed by atoms with E-state index in [0.29, 0.717) is 24.9 Å². The minimum Gasteiger partial charge on any atom is -0.476 e. The number of likely N-dealkylation sites (tertiary alicyclic amines) is 1. The Morgan fingerprint density at radius 2 is 2.19 bits per heavy atom. The summed E-state index contributed by atoms with van der Waals surface area (Å²) in [5, 5.41) is 2.93. The molecular formula is C15H24N4O2. The SMILES string of the molecule is CC(C)NC(=O)CN1CCC(COc2cnccn2)CC1. The van der Waals surface area contributed by atoms with Crippen LogP contribution in [-0.4, -0.2) is 53.1 Å². The lowest BCUT2D eigenvalue weighted by molar-refractivity contribution is -0.123. The summed E-state index contributed by atoms with van der Waals surface area (Å²) in [6, 6.07) is 0.204. The number of piperidine rings is 1. The summed E-state index contributed by atoms with van der Waals surface area (Å²) < 4.78 is 5.64. The Balaban J connectivity index is 1.65. The van der Waals surface area contributed by atoms with Crippen LogP contribution < -0.4 is 10.1 Å². The maximum Gasteiger partial charge on any atom is 0.234 e. The van der Waals surface area contributed by atoms with Crippen molar-refractivity contribution in [2.75, 3.05) is 26.2 Å². The van der Waals surface area contributed by atoms with Crippen molar-refractivity contribution in [3.8, 4) is 5.88 Å². The second-order valence-electron chi connectivity index (χ2n) is 5.80. The molecule has 0 bridgehead atoms. The van der Waals surface area contributed by atoms with Crippen molar-refractivity contribution < 1.29 is 9.53 Å². The van der Waals surface area contributed by atoms with Crippen LogP contribution in [0.4, 0.5) is 0 Å². The molecule has 6 nitrogen and oxygen atoms in total. The Bertz CT molecular complexity index is 431.